The average molecular weight is 203 g/mol. The highest BCUT2D eigenvalue weighted by Crippen LogP contribution is 2.41. The molecule has 2 rings (SSSR count). The van der Waals surface area contributed by atoms with Gasteiger partial charge in [-0.2, -0.15) is 0 Å². The molecule has 0 heterocycles. The fourth-order valence-electron chi connectivity index (χ4n) is 1.96. The first-order valence-corrected chi connectivity index (χ1v) is 5.26. The molecular formula is C12H17N3. The van der Waals surface area contributed by atoms with Crippen LogP contribution in [0.15, 0.2) is 29.3 Å². The normalized spacial score (nSPS) is 25.1. The zero-order valence-corrected chi connectivity index (χ0v) is 9.20. The summed E-state index contributed by atoms with van der Waals surface area (Å²) in [7, 11) is 1.70. The van der Waals surface area contributed by atoms with Gasteiger partial charge in [0.05, 0.1) is 0 Å². The second-order valence-electron chi connectivity index (χ2n) is 4.06. The van der Waals surface area contributed by atoms with Gasteiger partial charge in [0.25, 0.3) is 0 Å². The van der Waals surface area contributed by atoms with Crippen molar-refractivity contribution in [3.8, 4) is 0 Å². The van der Waals surface area contributed by atoms with Crippen LogP contribution in [-0.4, -0.2) is 19.0 Å². The van der Waals surface area contributed by atoms with E-state index >= 15 is 0 Å². The quantitative estimate of drug-likeness (QED) is 0.563. The highest BCUT2D eigenvalue weighted by atomic mass is 15.1. The minimum absolute atomic E-state index is 0.467. The molecule has 80 valence electrons. The number of nitrogens with two attached hydrogens (primary N) is 1. The molecule has 2 atom stereocenters. The SMILES string of the molecule is CN=C(N)NC1CC1c1ccccc1C. The summed E-state index contributed by atoms with van der Waals surface area (Å²) in [4.78, 5) is 3.90. The number of aryl methyl sites for hydroxylation is 1. The van der Waals surface area contributed by atoms with Crippen LogP contribution in [0.2, 0.25) is 0 Å². The van der Waals surface area contributed by atoms with Crippen LogP contribution in [0.1, 0.15) is 23.5 Å². The minimum atomic E-state index is 0.467. The van der Waals surface area contributed by atoms with E-state index in [-0.39, 0.29) is 0 Å². The molecule has 3 N–H and O–H groups in total. The van der Waals surface area contributed by atoms with Crippen LogP contribution >= 0.6 is 0 Å². The molecule has 15 heavy (non-hydrogen) atoms. The minimum Gasteiger partial charge on any atom is -0.370 e. The van der Waals surface area contributed by atoms with Crippen molar-refractivity contribution in [2.24, 2.45) is 10.7 Å². The highest BCUT2D eigenvalue weighted by molar-refractivity contribution is 5.78. The zero-order valence-electron chi connectivity index (χ0n) is 9.20. The molecule has 0 aromatic heterocycles. The van der Waals surface area contributed by atoms with Gasteiger partial charge in [0, 0.05) is 19.0 Å². The number of nitrogens with one attached hydrogen (secondary N) is 1. The third-order valence-corrected chi connectivity index (χ3v) is 2.95. The Balaban J connectivity index is 2.02. The molecule has 1 saturated carbocycles. The molecule has 1 aromatic carbocycles. The summed E-state index contributed by atoms with van der Waals surface area (Å²) in [6.45, 7) is 2.15. The summed E-state index contributed by atoms with van der Waals surface area (Å²) in [6.07, 6.45) is 1.15. The molecular weight excluding hydrogens is 186 g/mol. The van der Waals surface area contributed by atoms with Gasteiger partial charge >= 0.3 is 0 Å². The van der Waals surface area contributed by atoms with E-state index in [1.165, 1.54) is 11.1 Å². The summed E-state index contributed by atoms with van der Waals surface area (Å²) >= 11 is 0. The Morgan fingerprint density at radius 3 is 2.87 bits per heavy atom. The number of aliphatic imine (C=N–C) groups is 1. The van der Waals surface area contributed by atoms with Gasteiger partial charge in [-0.3, -0.25) is 4.99 Å². The Labute approximate surface area is 90.4 Å². The van der Waals surface area contributed by atoms with Gasteiger partial charge in [0.2, 0.25) is 0 Å². The molecule has 0 radical (unpaired) electrons. The molecule has 0 spiro atoms. The Bertz CT molecular complexity index is 384. The van der Waals surface area contributed by atoms with Gasteiger partial charge in [-0.1, -0.05) is 24.3 Å². The Kier molecular flexibility index (Phi) is 2.62. The molecule has 0 aliphatic heterocycles. The van der Waals surface area contributed by atoms with E-state index in [0.29, 0.717) is 17.9 Å². The Morgan fingerprint density at radius 1 is 1.47 bits per heavy atom. The predicted octanol–water partition coefficient (Wildman–Crippen LogP) is 1.39. The lowest BCUT2D eigenvalue weighted by molar-refractivity contribution is 0.854. The number of benzene rings is 1. The zero-order chi connectivity index (χ0) is 10.8. The van der Waals surface area contributed by atoms with Crippen LogP contribution in [0.4, 0.5) is 0 Å². The smallest absolute Gasteiger partial charge is 0.188 e. The van der Waals surface area contributed by atoms with Crippen LogP contribution in [0.3, 0.4) is 0 Å². The van der Waals surface area contributed by atoms with Crippen LogP contribution in [0.5, 0.6) is 0 Å². The maximum atomic E-state index is 5.63. The Hall–Kier alpha value is -1.51. The van der Waals surface area contributed by atoms with E-state index in [0.717, 1.165) is 6.42 Å². The monoisotopic (exact) mass is 203 g/mol. The van der Waals surface area contributed by atoms with Gasteiger partial charge in [-0.05, 0) is 24.5 Å². The number of hydrogen-bond acceptors (Lipinski definition) is 1. The number of nitrogens with zero attached hydrogens (tertiary/aromatic N) is 1. The second kappa shape index (κ2) is 3.93. The van der Waals surface area contributed by atoms with Gasteiger partial charge in [0.1, 0.15) is 0 Å². The number of guanidine groups is 1. The molecule has 3 nitrogen and oxygen atoms in total. The van der Waals surface area contributed by atoms with Crippen LogP contribution in [-0.2, 0) is 0 Å². The first kappa shape index (κ1) is 10.0. The second-order valence-corrected chi connectivity index (χ2v) is 4.06. The number of hydrogen-bond donors (Lipinski definition) is 2. The van der Waals surface area contributed by atoms with E-state index in [4.69, 9.17) is 5.73 Å². The van der Waals surface area contributed by atoms with Crippen LogP contribution in [0, 0.1) is 6.92 Å². The standard InChI is InChI=1S/C12H17N3/c1-8-5-3-4-6-9(8)10-7-11(10)15-12(13)14-2/h3-6,10-11H,7H2,1-2H3,(H3,13,14,15). The van der Waals surface area contributed by atoms with E-state index < -0.39 is 0 Å². The van der Waals surface area contributed by atoms with Crippen molar-refractivity contribution in [2.75, 3.05) is 7.05 Å². The van der Waals surface area contributed by atoms with Crippen molar-refractivity contribution in [2.45, 2.75) is 25.3 Å². The van der Waals surface area contributed by atoms with E-state index in [9.17, 15) is 0 Å². The predicted molar refractivity (Wildman–Crippen MR) is 63.0 cm³/mol. The van der Waals surface area contributed by atoms with Crippen molar-refractivity contribution in [3.05, 3.63) is 35.4 Å². The first-order chi connectivity index (χ1) is 7.22. The average Bonchev–Trinajstić information content (AvgIpc) is 2.97. The van der Waals surface area contributed by atoms with Gasteiger partial charge < -0.3 is 11.1 Å². The molecule has 1 fully saturated rings. The molecule has 0 bridgehead atoms. The van der Waals surface area contributed by atoms with E-state index in [1.807, 2.05) is 0 Å². The summed E-state index contributed by atoms with van der Waals surface area (Å²) in [5.41, 5.74) is 8.42. The molecule has 0 amide bonds. The molecule has 1 aromatic rings. The fraction of sp³-hybridized carbons (Fsp3) is 0.417. The van der Waals surface area contributed by atoms with Crippen molar-refractivity contribution < 1.29 is 0 Å². The van der Waals surface area contributed by atoms with Gasteiger partial charge in [-0.15, -0.1) is 0 Å². The molecule has 1 aliphatic carbocycles. The maximum absolute atomic E-state index is 5.63. The summed E-state index contributed by atoms with van der Waals surface area (Å²) < 4.78 is 0. The lowest BCUT2D eigenvalue weighted by Crippen LogP contribution is -2.33. The van der Waals surface area contributed by atoms with Gasteiger partial charge in [0.15, 0.2) is 5.96 Å². The molecule has 3 heteroatoms. The first-order valence-electron chi connectivity index (χ1n) is 5.26. The lowest BCUT2D eigenvalue weighted by Gasteiger charge is -2.06. The third-order valence-electron chi connectivity index (χ3n) is 2.95. The van der Waals surface area contributed by atoms with Crippen molar-refractivity contribution >= 4 is 5.96 Å². The summed E-state index contributed by atoms with van der Waals surface area (Å²) in [5, 5.41) is 3.21. The van der Waals surface area contributed by atoms with Crippen molar-refractivity contribution in [1.82, 2.24) is 5.32 Å². The van der Waals surface area contributed by atoms with Crippen LogP contribution in [0.25, 0.3) is 0 Å². The summed E-state index contributed by atoms with van der Waals surface area (Å²) in [5.74, 6) is 1.14. The fourth-order valence-corrected chi connectivity index (χ4v) is 1.96. The van der Waals surface area contributed by atoms with E-state index in [1.54, 1.807) is 7.05 Å². The molecule has 1 aliphatic rings. The highest BCUT2D eigenvalue weighted by Gasteiger charge is 2.39. The Morgan fingerprint density at radius 2 is 2.20 bits per heavy atom. The van der Waals surface area contributed by atoms with Crippen molar-refractivity contribution in [3.63, 3.8) is 0 Å². The number of rotatable bonds is 2. The maximum Gasteiger partial charge on any atom is 0.188 e. The van der Waals surface area contributed by atoms with Gasteiger partial charge in [-0.25, -0.2) is 0 Å². The lowest BCUT2D eigenvalue weighted by atomic mass is 10.0. The third kappa shape index (κ3) is 2.12. The summed E-state index contributed by atoms with van der Waals surface area (Å²) in [6, 6.07) is 8.98. The van der Waals surface area contributed by atoms with E-state index in [2.05, 4.69) is 41.5 Å². The van der Waals surface area contributed by atoms with Crippen LogP contribution < -0.4 is 11.1 Å². The topological polar surface area (TPSA) is 50.4 Å². The van der Waals surface area contributed by atoms with Crippen molar-refractivity contribution in [1.29, 1.82) is 0 Å². The molecule has 2 unspecified atom stereocenters. The largest absolute Gasteiger partial charge is 0.370 e. The molecule has 0 saturated heterocycles.